The quantitative estimate of drug-likeness (QED) is 0.544. The minimum atomic E-state index is -1.14. The van der Waals surface area contributed by atoms with Crippen molar-refractivity contribution >= 4 is 5.97 Å². The smallest absolute Gasteiger partial charge is 0.309 e. The zero-order valence-electron chi connectivity index (χ0n) is 10.6. The van der Waals surface area contributed by atoms with Gasteiger partial charge in [-0.2, -0.15) is 15.5 Å². The maximum atomic E-state index is 11.3. The Balaban J connectivity index is 4.63. The maximum absolute atomic E-state index is 11.3. The summed E-state index contributed by atoms with van der Waals surface area (Å²) in [5, 5.41) is 16.9. The van der Waals surface area contributed by atoms with Gasteiger partial charge in [-0.1, -0.05) is 0 Å². The van der Waals surface area contributed by atoms with E-state index in [1.807, 2.05) is 26.8 Å². The SMILES string of the molecule is CCOC(=O)CC(C)(C#N)N=NC(C)(C)C. The Morgan fingerprint density at radius 2 is 1.88 bits per heavy atom. The van der Waals surface area contributed by atoms with Gasteiger partial charge in [0.05, 0.1) is 24.6 Å². The van der Waals surface area contributed by atoms with E-state index in [1.54, 1.807) is 13.8 Å². The number of esters is 1. The van der Waals surface area contributed by atoms with Crippen molar-refractivity contribution in [2.45, 2.75) is 52.1 Å². The molecule has 5 nitrogen and oxygen atoms in total. The Morgan fingerprint density at radius 3 is 2.25 bits per heavy atom. The molecule has 0 aliphatic carbocycles. The molecule has 90 valence electrons. The van der Waals surface area contributed by atoms with Gasteiger partial charge in [-0.3, -0.25) is 4.79 Å². The molecule has 0 aromatic heterocycles. The van der Waals surface area contributed by atoms with Crippen LogP contribution >= 0.6 is 0 Å². The molecule has 16 heavy (non-hydrogen) atoms. The molecule has 0 aromatic carbocycles. The molecular weight excluding hydrogens is 206 g/mol. The molecule has 0 saturated heterocycles. The van der Waals surface area contributed by atoms with Crippen LogP contribution in [0.15, 0.2) is 10.2 Å². The third-order valence-electron chi connectivity index (χ3n) is 1.61. The van der Waals surface area contributed by atoms with Crippen LogP contribution in [0.25, 0.3) is 0 Å². The largest absolute Gasteiger partial charge is 0.466 e. The van der Waals surface area contributed by atoms with Crippen molar-refractivity contribution in [2.24, 2.45) is 10.2 Å². The lowest BCUT2D eigenvalue weighted by Crippen LogP contribution is -2.26. The molecule has 0 aromatic rings. The highest BCUT2D eigenvalue weighted by Crippen LogP contribution is 2.19. The minimum Gasteiger partial charge on any atom is -0.466 e. The Hall–Kier alpha value is -1.44. The van der Waals surface area contributed by atoms with Crippen LogP contribution in [-0.2, 0) is 9.53 Å². The molecule has 5 heteroatoms. The fraction of sp³-hybridized carbons (Fsp3) is 0.818. The number of nitrogens with zero attached hydrogens (tertiary/aromatic N) is 3. The van der Waals surface area contributed by atoms with E-state index < -0.39 is 11.5 Å². The van der Waals surface area contributed by atoms with Gasteiger partial charge in [0.25, 0.3) is 0 Å². The first-order valence-corrected chi connectivity index (χ1v) is 5.23. The third kappa shape index (κ3) is 6.12. The zero-order chi connectivity index (χ0) is 12.8. The lowest BCUT2D eigenvalue weighted by Gasteiger charge is -2.17. The summed E-state index contributed by atoms with van der Waals surface area (Å²) in [5.74, 6) is -0.431. The van der Waals surface area contributed by atoms with Gasteiger partial charge in [0.1, 0.15) is 0 Å². The van der Waals surface area contributed by atoms with E-state index in [0.717, 1.165) is 0 Å². The molecule has 0 radical (unpaired) electrons. The molecule has 1 atom stereocenters. The average molecular weight is 225 g/mol. The predicted molar refractivity (Wildman–Crippen MR) is 59.9 cm³/mol. The van der Waals surface area contributed by atoms with Gasteiger partial charge < -0.3 is 4.74 Å². The molecule has 1 unspecified atom stereocenters. The van der Waals surface area contributed by atoms with Crippen molar-refractivity contribution in [1.29, 1.82) is 5.26 Å². The van der Waals surface area contributed by atoms with E-state index in [2.05, 4.69) is 10.2 Å². The van der Waals surface area contributed by atoms with Crippen LogP contribution in [0.2, 0.25) is 0 Å². The molecule has 0 heterocycles. The molecule has 0 bridgehead atoms. The summed E-state index contributed by atoms with van der Waals surface area (Å²) in [5.41, 5.74) is -1.49. The normalized spacial score (nSPS) is 15.5. The molecular formula is C11H19N3O2. The van der Waals surface area contributed by atoms with Crippen LogP contribution in [0.1, 0.15) is 41.0 Å². The first kappa shape index (κ1) is 14.6. The lowest BCUT2D eigenvalue weighted by molar-refractivity contribution is -0.143. The van der Waals surface area contributed by atoms with Crippen LogP contribution in [0.3, 0.4) is 0 Å². The van der Waals surface area contributed by atoms with Gasteiger partial charge in [0.15, 0.2) is 5.54 Å². The molecule has 0 aliphatic heterocycles. The molecule has 0 N–H and O–H groups in total. The van der Waals surface area contributed by atoms with E-state index in [-0.39, 0.29) is 12.0 Å². The van der Waals surface area contributed by atoms with E-state index in [0.29, 0.717) is 6.61 Å². The molecule has 0 amide bonds. The van der Waals surface area contributed by atoms with Gasteiger partial charge in [0, 0.05) is 0 Å². The lowest BCUT2D eigenvalue weighted by atomic mass is 10.0. The fourth-order valence-electron chi connectivity index (χ4n) is 0.851. The van der Waals surface area contributed by atoms with Gasteiger partial charge in [0.2, 0.25) is 0 Å². The molecule has 0 saturated carbocycles. The highest BCUT2D eigenvalue weighted by Gasteiger charge is 2.28. The first-order chi connectivity index (χ1) is 7.22. The Morgan fingerprint density at radius 1 is 1.31 bits per heavy atom. The van der Waals surface area contributed by atoms with Gasteiger partial charge in [-0.05, 0) is 34.6 Å². The highest BCUT2D eigenvalue weighted by molar-refractivity contribution is 5.71. The van der Waals surface area contributed by atoms with E-state index in [1.165, 1.54) is 0 Å². The Bertz CT molecular complexity index is 312. The molecule has 0 fully saturated rings. The van der Waals surface area contributed by atoms with Crippen molar-refractivity contribution in [2.75, 3.05) is 6.61 Å². The number of hydrogen-bond acceptors (Lipinski definition) is 5. The number of hydrogen-bond donors (Lipinski definition) is 0. The van der Waals surface area contributed by atoms with Crippen molar-refractivity contribution in [1.82, 2.24) is 0 Å². The van der Waals surface area contributed by atoms with Crippen LogP contribution in [-0.4, -0.2) is 23.7 Å². The molecule has 0 spiro atoms. The molecule has 0 rings (SSSR count). The van der Waals surface area contributed by atoms with Crippen LogP contribution in [0.4, 0.5) is 0 Å². The van der Waals surface area contributed by atoms with Gasteiger partial charge in [-0.15, -0.1) is 0 Å². The van der Waals surface area contributed by atoms with Crippen molar-refractivity contribution in [3.8, 4) is 6.07 Å². The second kappa shape index (κ2) is 5.59. The summed E-state index contributed by atoms with van der Waals surface area (Å²) in [6, 6.07) is 1.98. The fourth-order valence-corrected chi connectivity index (χ4v) is 0.851. The molecule has 0 aliphatic rings. The summed E-state index contributed by atoms with van der Waals surface area (Å²) in [6.45, 7) is 9.21. The van der Waals surface area contributed by atoms with E-state index >= 15 is 0 Å². The number of rotatable bonds is 4. The monoisotopic (exact) mass is 225 g/mol. The number of nitriles is 1. The number of azo groups is 1. The first-order valence-electron chi connectivity index (χ1n) is 5.23. The Labute approximate surface area is 96.5 Å². The number of ether oxygens (including phenoxy) is 1. The van der Waals surface area contributed by atoms with E-state index in [9.17, 15) is 4.79 Å². The second-order valence-electron chi connectivity index (χ2n) is 4.74. The zero-order valence-corrected chi connectivity index (χ0v) is 10.6. The van der Waals surface area contributed by atoms with Crippen molar-refractivity contribution < 1.29 is 9.53 Å². The van der Waals surface area contributed by atoms with Crippen molar-refractivity contribution in [3.05, 3.63) is 0 Å². The van der Waals surface area contributed by atoms with E-state index in [4.69, 9.17) is 10.00 Å². The average Bonchev–Trinajstić information content (AvgIpc) is 2.14. The summed E-state index contributed by atoms with van der Waals surface area (Å²) in [6.07, 6.45) is -0.0725. The van der Waals surface area contributed by atoms with Gasteiger partial charge >= 0.3 is 5.97 Å². The van der Waals surface area contributed by atoms with Crippen LogP contribution < -0.4 is 0 Å². The summed E-state index contributed by atoms with van der Waals surface area (Å²) in [7, 11) is 0. The van der Waals surface area contributed by atoms with Gasteiger partial charge in [-0.25, -0.2) is 0 Å². The number of carbonyl (C=O) groups excluding carboxylic acids is 1. The standard InChI is InChI=1S/C11H19N3O2/c1-6-16-9(15)7-11(5,8-12)14-13-10(2,3)4/h6-7H2,1-5H3. The summed E-state index contributed by atoms with van der Waals surface area (Å²) >= 11 is 0. The van der Waals surface area contributed by atoms with Crippen LogP contribution in [0.5, 0.6) is 0 Å². The van der Waals surface area contributed by atoms with Crippen molar-refractivity contribution in [3.63, 3.8) is 0 Å². The minimum absolute atomic E-state index is 0.0725. The second-order valence-corrected chi connectivity index (χ2v) is 4.74. The summed E-state index contributed by atoms with van der Waals surface area (Å²) < 4.78 is 4.78. The number of carbonyl (C=O) groups is 1. The topological polar surface area (TPSA) is 74.8 Å². The third-order valence-corrected chi connectivity index (χ3v) is 1.61. The Kier molecular flexibility index (Phi) is 5.09. The maximum Gasteiger partial charge on any atom is 0.309 e. The summed E-state index contributed by atoms with van der Waals surface area (Å²) in [4.78, 5) is 11.3. The van der Waals surface area contributed by atoms with Crippen LogP contribution in [0, 0.1) is 11.3 Å². The highest BCUT2D eigenvalue weighted by atomic mass is 16.5. The predicted octanol–water partition coefficient (Wildman–Crippen LogP) is 2.47.